The molecule has 0 aliphatic heterocycles. The average Bonchev–Trinajstić information content (AvgIpc) is 3.21. The van der Waals surface area contributed by atoms with Crippen LogP contribution in [-0.4, -0.2) is 29.8 Å². The van der Waals surface area contributed by atoms with Crippen molar-refractivity contribution in [1.29, 1.82) is 5.26 Å². The maximum Gasteiger partial charge on any atom is 0.253 e. The Kier molecular flexibility index (Phi) is 5.87. The molecule has 5 heteroatoms. The number of hydrogen-bond donors (Lipinski definition) is 1. The third kappa shape index (κ3) is 4.73. The average molecular weight is 361 g/mol. The van der Waals surface area contributed by atoms with E-state index in [1.807, 2.05) is 12.1 Å². The predicted octanol–water partition coefficient (Wildman–Crippen LogP) is 3.50. The normalized spacial score (nSPS) is 13.8. The van der Waals surface area contributed by atoms with Gasteiger partial charge < -0.3 is 10.2 Å². The smallest absolute Gasteiger partial charge is 0.253 e. The van der Waals surface area contributed by atoms with E-state index in [1.54, 1.807) is 48.3 Å². The van der Waals surface area contributed by atoms with Crippen LogP contribution in [0.25, 0.3) is 0 Å². The molecular weight excluding hydrogens is 338 g/mol. The largest absolute Gasteiger partial charge is 0.349 e. The van der Waals surface area contributed by atoms with E-state index in [-0.39, 0.29) is 17.9 Å². The topological polar surface area (TPSA) is 73.2 Å². The van der Waals surface area contributed by atoms with Crippen LogP contribution in [0.5, 0.6) is 0 Å². The number of nitriles is 1. The van der Waals surface area contributed by atoms with Crippen LogP contribution in [0.15, 0.2) is 48.5 Å². The fraction of sp³-hybridized carbons (Fsp3) is 0.318. The summed E-state index contributed by atoms with van der Waals surface area (Å²) in [4.78, 5) is 26.5. The number of nitrogens with zero attached hydrogens (tertiary/aromatic N) is 2. The molecule has 2 aromatic carbocycles. The number of nitrogens with one attached hydrogen (secondary N) is 1. The highest BCUT2D eigenvalue weighted by atomic mass is 16.2. The van der Waals surface area contributed by atoms with E-state index in [0.29, 0.717) is 23.2 Å². The Hall–Kier alpha value is -3.13. The molecule has 1 N–H and O–H groups in total. The lowest BCUT2D eigenvalue weighted by Crippen LogP contribution is -2.32. The molecule has 1 aliphatic carbocycles. The van der Waals surface area contributed by atoms with E-state index in [1.165, 1.54) is 12.8 Å². The fourth-order valence-corrected chi connectivity index (χ4v) is 3.35. The van der Waals surface area contributed by atoms with Gasteiger partial charge in [0.25, 0.3) is 11.8 Å². The molecule has 27 heavy (non-hydrogen) atoms. The fourth-order valence-electron chi connectivity index (χ4n) is 3.35. The van der Waals surface area contributed by atoms with E-state index in [4.69, 9.17) is 5.26 Å². The minimum atomic E-state index is -0.109. The summed E-state index contributed by atoms with van der Waals surface area (Å²) in [5.41, 5.74) is 2.67. The lowest BCUT2D eigenvalue weighted by Gasteiger charge is -2.18. The van der Waals surface area contributed by atoms with Crippen LogP contribution < -0.4 is 5.32 Å². The molecular formula is C22H23N3O2. The van der Waals surface area contributed by atoms with Crippen LogP contribution in [0.4, 0.5) is 0 Å². The molecule has 0 bridgehead atoms. The lowest BCUT2D eigenvalue weighted by molar-refractivity contribution is 0.0784. The SMILES string of the molecule is CN(Cc1ccc(C#N)cc1)C(=O)c1ccc(C(=O)NC2CCCC2)cc1. The van der Waals surface area contributed by atoms with Crippen molar-refractivity contribution in [2.45, 2.75) is 38.3 Å². The molecule has 3 rings (SSSR count). The van der Waals surface area contributed by atoms with Crippen LogP contribution in [0.1, 0.15) is 57.5 Å². The van der Waals surface area contributed by atoms with Gasteiger partial charge in [0.1, 0.15) is 0 Å². The van der Waals surface area contributed by atoms with Gasteiger partial charge in [-0.15, -0.1) is 0 Å². The third-order valence-corrected chi connectivity index (χ3v) is 4.93. The van der Waals surface area contributed by atoms with Crippen LogP contribution in [0, 0.1) is 11.3 Å². The Morgan fingerprint density at radius 3 is 2.22 bits per heavy atom. The highest BCUT2D eigenvalue weighted by molar-refractivity contribution is 5.97. The summed E-state index contributed by atoms with van der Waals surface area (Å²) >= 11 is 0. The second-order valence-corrected chi connectivity index (χ2v) is 7.00. The van der Waals surface area contributed by atoms with Gasteiger partial charge in [-0.25, -0.2) is 0 Å². The van der Waals surface area contributed by atoms with E-state index >= 15 is 0 Å². The third-order valence-electron chi connectivity index (χ3n) is 4.93. The van der Waals surface area contributed by atoms with Gasteiger partial charge >= 0.3 is 0 Å². The Morgan fingerprint density at radius 1 is 1.04 bits per heavy atom. The maximum atomic E-state index is 12.6. The number of amides is 2. The van der Waals surface area contributed by atoms with E-state index in [2.05, 4.69) is 11.4 Å². The standard InChI is InChI=1S/C22H23N3O2/c1-25(15-17-8-6-16(14-23)7-9-17)22(27)19-12-10-18(11-13-19)21(26)24-20-4-2-3-5-20/h6-13,20H,2-5,15H2,1H3,(H,24,26). The highest BCUT2D eigenvalue weighted by Gasteiger charge is 2.18. The molecule has 0 atom stereocenters. The van der Waals surface area contributed by atoms with Crippen molar-refractivity contribution < 1.29 is 9.59 Å². The van der Waals surface area contributed by atoms with Gasteiger partial charge in [-0.2, -0.15) is 5.26 Å². The summed E-state index contributed by atoms with van der Waals surface area (Å²) in [6.07, 6.45) is 4.43. The first-order valence-electron chi connectivity index (χ1n) is 9.22. The lowest BCUT2D eigenvalue weighted by atomic mass is 10.1. The summed E-state index contributed by atoms with van der Waals surface area (Å²) in [6.45, 7) is 0.453. The zero-order chi connectivity index (χ0) is 19.2. The van der Waals surface area contributed by atoms with Crippen molar-refractivity contribution in [1.82, 2.24) is 10.2 Å². The van der Waals surface area contributed by atoms with Gasteiger partial charge in [0.15, 0.2) is 0 Å². The zero-order valence-electron chi connectivity index (χ0n) is 15.4. The molecule has 2 aromatic rings. The van der Waals surface area contributed by atoms with Crippen molar-refractivity contribution >= 4 is 11.8 Å². The Balaban J connectivity index is 1.60. The van der Waals surface area contributed by atoms with Gasteiger partial charge in [0.05, 0.1) is 11.6 Å². The first-order valence-corrected chi connectivity index (χ1v) is 9.22. The first kappa shape index (κ1) is 18.7. The van der Waals surface area contributed by atoms with Crippen LogP contribution in [0.2, 0.25) is 0 Å². The van der Waals surface area contributed by atoms with Gasteiger partial charge in [-0.05, 0) is 54.8 Å². The predicted molar refractivity (Wildman–Crippen MR) is 103 cm³/mol. The highest BCUT2D eigenvalue weighted by Crippen LogP contribution is 2.18. The molecule has 138 valence electrons. The monoisotopic (exact) mass is 361 g/mol. The van der Waals surface area contributed by atoms with E-state index in [9.17, 15) is 9.59 Å². The van der Waals surface area contributed by atoms with E-state index in [0.717, 1.165) is 18.4 Å². The minimum Gasteiger partial charge on any atom is -0.349 e. The van der Waals surface area contributed by atoms with Crippen LogP contribution in [0.3, 0.4) is 0 Å². The molecule has 0 spiro atoms. The van der Waals surface area contributed by atoms with E-state index < -0.39 is 0 Å². The Morgan fingerprint density at radius 2 is 1.63 bits per heavy atom. The molecule has 1 saturated carbocycles. The first-order chi connectivity index (χ1) is 13.1. The molecule has 1 fully saturated rings. The second-order valence-electron chi connectivity index (χ2n) is 7.00. The molecule has 0 heterocycles. The van der Waals surface area contributed by atoms with Crippen molar-refractivity contribution in [2.24, 2.45) is 0 Å². The molecule has 0 unspecified atom stereocenters. The van der Waals surface area contributed by atoms with Crippen molar-refractivity contribution in [2.75, 3.05) is 7.05 Å². The number of carbonyl (C=O) groups is 2. The Bertz CT molecular complexity index is 845. The molecule has 0 aromatic heterocycles. The molecule has 5 nitrogen and oxygen atoms in total. The summed E-state index contributed by atoms with van der Waals surface area (Å²) in [5, 5.41) is 11.9. The van der Waals surface area contributed by atoms with Crippen molar-refractivity contribution in [3.63, 3.8) is 0 Å². The Labute approximate surface area is 159 Å². The maximum absolute atomic E-state index is 12.6. The quantitative estimate of drug-likeness (QED) is 0.886. The molecule has 0 saturated heterocycles. The number of benzene rings is 2. The number of hydrogen-bond acceptors (Lipinski definition) is 3. The van der Waals surface area contributed by atoms with Gasteiger partial charge in [-0.1, -0.05) is 25.0 Å². The summed E-state index contributed by atoms with van der Waals surface area (Å²) in [5.74, 6) is -0.186. The van der Waals surface area contributed by atoms with Gasteiger partial charge in [-0.3, -0.25) is 9.59 Å². The summed E-state index contributed by atoms with van der Waals surface area (Å²) in [7, 11) is 1.74. The minimum absolute atomic E-state index is 0.0770. The van der Waals surface area contributed by atoms with Crippen LogP contribution >= 0.6 is 0 Å². The van der Waals surface area contributed by atoms with Crippen molar-refractivity contribution in [3.8, 4) is 6.07 Å². The number of carbonyl (C=O) groups excluding carboxylic acids is 2. The van der Waals surface area contributed by atoms with Gasteiger partial charge in [0.2, 0.25) is 0 Å². The zero-order valence-corrected chi connectivity index (χ0v) is 15.4. The van der Waals surface area contributed by atoms with Crippen molar-refractivity contribution in [3.05, 3.63) is 70.8 Å². The molecule has 1 aliphatic rings. The second kappa shape index (κ2) is 8.50. The summed E-state index contributed by atoms with van der Waals surface area (Å²) in [6, 6.07) is 16.3. The number of rotatable bonds is 5. The molecule has 0 radical (unpaired) electrons. The van der Waals surface area contributed by atoms with Crippen LogP contribution in [-0.2, 0) is 6.54 Å². The summed E-state index contributed by atoms with van der Waals surface area (Å²) < 4.78 is 0. The van der Waals surface area contributed by atoms with Gasteiger partial charge in [0, 0.05) is 30.8 Å². The molecule has 2 amide bonds.